The summed E-state index contributed by atoms with van der Waals surface area (Å²) in [5.74, 6) is 3.04. The molecule has 0 spiro atoms. The Balaban J connectivity index is 1.60. The minimum absolute atomic E-state index is 0.0621. The van der Waals surface area contributed by atoms with Crippen molar-refractivity contribution in [1.29, 1.82) is 0 Å². The summed E-state index contributed by atoms with van der Waals surface area (Å²) in [7, 11) is 1.67. The molecule has 0 saturated heterocycles. The third kappa shape index (κ3) is 2.66. The van der Waals surface area contributed by atoms with Gasteiger partial charge in [0.25, 0.3) is 0 Å². The van der Waals surface area contributed by atoms with Gasteiger partial charge in [0, 0.05) is 18.9 Å². The molecular weight excluding hydrogens is 314 g/mol. The zero-order valence-corrected chi connectivity index (χ0v) is 15.3. The lowest BCUT2D eigenvalue weighted by molar-refractivity contribution is -0.129. The predicted molar refractivity (Wildman–Crippen MR) is 97.8 cm³/mol. The molecule has 1 aromatic carbocycles. The molecule has 4 nitrogen and oxygen atoms in total. The molecule has 136 valence electrons. The van der Waals surface area contributed by atoms with Gasteiger partial charge in [-0.2, -0.15) is 0 Å². The van der Waals surface area contributed by atoms with Gasteiger partial charge in [-0.15, -0.1) is 0 Å². The molecule has 0 radical (unpaired) electrons. The summed E-state index contributed by atoms with van der Waals surface area (Å²) >= 11 is 0. The third-order valence-corrected chi connectivity index (χ3v) is 7.11. The number of carbonyl (C=O) groups excluding carboxylic acids is 1. The lowest BCUT2D eigenvalue weighted by Gasteiger charge is -2.48. The van der Waals surface area contributed by atoms with Crippen LogP contribution in [0.5, 0.6) is 5.75 Å². The van der Waals surface area contributed by atoms with Crippen LogP contribution in [0.25, 0.3) is 0 Å². The molecule has 2 saturated carbocycles. The predicted octanol–water partition coefficient (Wildman–Crippen LogP) is 3.72. The molecule has 0 bridgehead atoms. The quantitative estimate of drug-likeness (QED) is 0.668. The second-order valence-electron chi connectivity index (χ2n) is 8.26. The van der Waals surface area contributed by atoms with Gasteiger partial charge in [0.1, 0.15) is 18.1 Å². The van der Waals surface area contributed by atoms with Crippen LogP contribution in [0.2, 0.25) is 0 Å². The van der Waals surface area contributed by atoms with Crippen LogP contribution in [0, 0.1) is 17.3 Å². The maximum absolute atomic E-state index is 12.4. The van der Waals surface area contributed by atoms with E-state index in [9.17, 15) is 4.79 Å². The molecule has 0 aliphatic heterocycles. The number of carbonyl (C=O) groups is 1. The van der Waals surface area contributed by atoms with Crippen LogP contribution in [0.15, 0.2) is 12.1 Å². The van der Waals surface area contributed by atoms with Crippen molar-refractivity contribution in [3.63, 3.8) is 0 Å². The van der Waals surface area contributed by atoms with E-state index in [-0.39, 0.29) is 5.41 Å². The Morgan fingerprint density at radius 2 is 2.04 bits per heavy atom. The van der Waals surface area contributed by atoms with Crippen molar-refractivity contribution < 1.29 is 14.3 Å². The van der Waals surface area contributed by atoms with E-state index in [1.807, 2.05) is 0 Å². The molecule has 0 aromatic heterocycles. The first-order valence-electron chi connectivity index (χ1n) is 9.62. The number of hydrogen-bond donors (Lipinski definition) is 1. The number of rotatable bonds is 4. The number of aryl methyl sites for hydroxylation is 1. The van der Waals surface area contributed by atoms with E-state index >= 15 is 0 Å². The molecule has 2 fully saturated rings. The molecular formula is C21H29NO3. The highest BCUT2D eigenvalue weighted by atomic mass is 16.5. The van der Waals surface area contributed by atoms with Gasteiger partial charge >= 0.3 is 0 Å². The number of benzene rings is 1. The Hall–Kier alpha value is -1.55. The van der Waals surface area contributed by atoms with Crippen LogP contribution in [0.3, 0.4) is 0 Å². The van der Waals surface area contributed by atoms with Crippen molar-refractivity contribution >= 4 is 11.5 Å². The summed E-state index contributed by atoms with van der Waals surface area (Å²) in [4.78, 5) is 12.4. The first kappa shape index (κ1) is 16.9. The van der Waals surface area contributed by atoms with E-state index in [1.165, 1.54) is 17.5 Å². The molecule has 25 heavy (non-hydrogen) atoms. The first-order valence-corrected chi connectivity index (χ1v) is 9.62. The van der Waals surface area contributed by atoms with Crippen molar-refractivity contribution in [2.24, 2.45) is 17.3 Å². The Labute approximate surface area is 150 Å². The van der Waals surface area contributed by atoms with E-state index in [2.05, 4.69) is 19.1 Å². The second-order valence-corrected chi connectivity index (χ2v) is 8.26. The normalized spacial score (nSPS) is 33.5. The standard InChI is InChI=1S/C21H29NO3/c1-21-8-7-14-15(17(21)5-6-20(21)23)4-3-13-11-19(25-10-9-24-2)18(22)12-16(13)14/h11-12,14-15,17H,3-10,22H2,1-2H3/t14?,15?,17?,21-/m0/s1. The summed E-state index contributed by atoms with van der Waals surface area (Å²) < 4.78 is 10.8. The van der Waals surface area contributed by atoms with Crippen LogP contribution in [-0.4, -0.2) is 26.1 Å². The van der Waals surface area contributed by atoms with Crippen molar-refractivity contribution in [2.45, 2.75) is 51.4 Å². The largest absolute Gasteiger partial charge is 0.489 e. The number of ketones is 1. The minimum Gasteiger partial charge on any atom is -0.489 e. The fourth-order valence-corrected chi connectivity index (χ4v) is 5.75. The number of anilines is 1. The highest BCUT2D eigenvalue weighted by Crippen LogP contribution is 2.59. The van der Waals surface area contributed by atoms with Crippen LogP contribution in [0.1, 0.15) is 56.1 Å². The monoisotopic (exact) mass is 343 g/mol. The molecule has 4 atom stereocenters. The maximum Gasteiger partial charge on any atom is 0.142 e. The van der Waals surface area contributed by atoms with Crippen molar-refractivity contribution in [3.8, 4) is 5.75 Å². The van der Waals surface area contributed by atoms with Gasteiger partial charge < -0.3 is 15.2 Å². The topological polar surface area (TPSA) is 61.6 Å². The van der Waals surface area contributed by atoms with Gasteiger partial charge in [0.05, 0.1) is 12.3 Å². The molecule has 3 aliphatic carbocycles. The smallest absolute Gasteiger partial charge is 0.142 e. The number of Topliss-reactive ketones (excluding diaryl/α,β-unsaturated/α-hetero) is 1. The van der Waals surface area contributed by atoms with Gasteiger partial charge in [-0.05, 0) is 73.1 Å². The molecule has 0 amide bonds. The number of fused-ring (bicyclic) bond motifs is 5. The van der Waals surface area contributed by atoms with Gasteiger partial charge in [0.15, 0.2) is 0 Å². The summed E-state index contributed by atoms with van der Waals surface area (Å²) in [5.41, 5.74) is 9.75. The van der Waals surface area contributed by atoms with Crippen LogP contribution in [-0.2, 0) is 16.0 Å². The number of nitrogen functional groups attached to an aromatic ring is 1. The molecule has 0 heterocycles. The van der Waals surface area contributed by atoms with Crippen molar-refractivity contribution in [3.05, 3.63) is 23.3 Å². The number of ether oxygens (including phenoxy) is 2. The summed E-state index contributed by atoms with van der Waals surface area (Å²) in [5, 5.41) is 0. The zero-order chi connectivity index (χ0) is 17.6. The maximum atomic E-state index is 12.4. The van der Waals surface area contributed by atoms with E-state index in [1.54, 1.807) is 7.11 Å². The minimum atomic E-state index is -0.0621. The fourth-order valence-electron chi connectivity index (χ4n) is 5.75. The average molecular weight is 343 g/mol. The van der Waals surface area contributed by atoms with E-state index < -0.39 is 0 Å². The summed E-state index contributed by atoms with van der Waals surface area (Å²) in [6.45, 7) is 3.31. The van der Waals surface area contributed by atoms with Crippen LogP contribution >= 0.6 is 0 Å². The van der Waals surface area contributed by atoms with Crippen LogP contribution in [0.4, 0.5) is 5.69 Å². The van der Waals surface area contributed by atoms with E-state index in [0.717, 1.165) is 43.5 Å². The Morgan fingerprint density at radius 3 is 2.84 bits per heavy atom. The number of nitrogens with two attached hydrogens (primary N) is 1. The summed E-state index contributed by atoms with van der Waals surface area (Å²) in [6, 6.07) is 4.29. The van der Waals surface area contributed by atoms with E-state index in [0.29, 0.717) is 36.8 Å². The molecule has 4 rings (SSSR count). The number of hydrogen-bond acceptors (Lipinski definition) is 4. The van der Waals surface area contributed by atoms with Crippen molar-refractivity contribution in [1.82, 2.24) is 0 Å². The number of methoxy groups -OCH3 is 1. The highest BCUT2D eigenvalue weighted by Gasteiger charge is 2.54. The first-order chi connectivity index (χ1) is 12.0. The summed E-state index contributed by atoms with van der Waals surface area (Å²) in [6.07, 6.45) is 6.26. The van der Waals surface area contributed by atoms with Gasteiger partial charge in [-0.1, -0.05) is 6.92 Å². The average Bonchev–Trinajstić information content (AvgIpc) is 2.91. The highest BCUT2D eigenvalue weighted by molar-refractivity contribution is 5.87. The lowest BCUT2D eigenvalue weighted by Crippen LogP contribution is -2.42. The molecule has 1 aromatic rings. The molecule has 3 aliphatic rings. The Morgan fingerprint density at radius 1 is 1.20 bits per heavy atom. The lowest BCUT2D eigenvalue weighted by atomic mass is 9.55. The Bertz CT molecular complexity index is 686. The van der Waals surface area contributed by atoms with Gasteiger partial charge in [-0.3, -0.25) is 4.79 Å². The zero-order valence-electron chi connectivity index (χ0n) is 15.3. The molecule has 2 N–H and O–H groups in total. The molecule has 3 unspecified atom stereocenters. The second kappa shape index (κ2) is 6.31. The molecule has 4 heteroatoms. The van der Waals surface area contributed by atoms with Gasteiger partial charge in [0.2, 0.25) is 0 Å². The van der Waals surface area contributed by atoms with Crippen molar-refractivity contribution in [2.75, 3.05) is 26.1 Å². The third-order valence-electron chi connectivity index (χ3n) is 7.11. The van der Waals surface area contributed by atoms with Crippen LogP contribution < -0.4 is 10.5 Å². The Kier molecular flexibility index (Phi) is 4.27. The van der Waals surface area contributed by atoms with E-state index in [4.69, 9.17) is 15.2 Å². The SMILES string of the molecule is COCCOc1cc2c(cc1N)C1CC[C@]3(C)C(=O)CCC3C1CC2. The fraction of sp³-hybridized carbons (Fsp3) is 0.667. The van der Waals surface area contributed by atoms with Gasteiger partial charge in [-0.25, -0.2) is 0 Å².